The van der Waals surface area contributed by atoms with Crippen molar-refractivity contribution in [3.05, 3.63) is 47.0 Å². The number of carbonyl (C=O) groups excluding carboxylic acids is 1. The Bertz CT molecular complexity index is 838. The summed E-state index contributed by atoms with van der Waals surface area (Å²) < 4.78 is 11.0. The second-order valence-corrected chi connectivity index (χ2v) is 9.60. The summed E-state index contributed by atoms with van der Waals surface area (Å²) in [5.41, 5.74) is 0.850. The van der Waals surface area contributed by atoms with Gasteiger partial charge in [-0.2, -0.15) is 0 Å². The van der Waals surface area contributed by atoms with E-state index in [0.29, 0.717) is 6.61 Å². The first-order valence-electron chi connectivity index (χ1n) is 11.4. The van der Waals surface area contributed by atoms with Crippen molar-refractivity contribution in [2.24, 2.45) is 5.41 Å². The molecule has 1 aromatic heterocycles. The zero-order valence-corrected chi connectivity index (χ0v) is 19.2. The number of likely N-dealkylation sites (tertiary alicyclic amines) is 1. The number of benzene rings is 1. The topological polar surface area (TPSA) is 54.9 Å². The molecule has 2 aliphatic rings. The maximum Gasteiger partial charge on any atom is 0.313 e. The van der Waals surface area contributed by atoms with Crippen molar-refractivity contribution in [3.63, 3.8) is 0 Å². The van der Waals surface area contributed by atoms with Crippen LogP contribution in [0.3, 0.4) is 0 Å². The molecule has 1 aromatic carbocycles. The molecule has 6 nitrogen and oxygen atoms in total. The van der Waals surface area contributed by atoms with Crippen LogP contribution in [0.25, 0.3) is 0 Å². The molecule has 7 heteroatoms. The van der Waals surface area contributed by atoms with E-state index >= 15 is 0 Å². The third kappa shape index (κ3) is 5.64. The number of esters is 1. The van der Waals surface area contributed by atoms with Crippen LogP contribution in [-0.4, -0.2) is 61.9 Å². The number of aryl methyl sites for hydroxylation is 1. The summed E-state index contributed by atoms with van der Waals surface area (Å²) >= 11 is 1.76. The number of ether oxygens (including phenoxy) is 2. The minimum atomic E-state index is -0.429. The van der Waals surface area contributed by atoms with Gasteiger partial charge >= 0.3 is 5.97 Å². The molecule has 31 heavy (non-hydrogen) atoms. The van der Waals surface area contributed by atoms with Crippen LogP contribution in [-0.2, 0) is 27.2 Å². The van der Waals surface area contributed by atoms with Gasteiger partial charge in [-0.25, -0.2) is 4.98 Å². The Kier molecular flexibility index (Phi) is 7.58. The summed E-state index contributed by atoms with van der Waals surface area (Å²) in [5.74, 6) is -0.0334. The third-order valence-electron chi connectivity index (χ3n) is 6.30. The predicted octanol–water partition coefficient (Wildman–Crippen LogP) is 3.76. The van der Waals surface area contributed by atoms with Crippen LogP contribution in [0, 0.1) is 5.41 Å². The Morgan fingerprint density at radius 3 is 2.81 bits per heavy atom. The van der Waals surface area contributed by atoms with Crippen LogP contribution in [0.5, 0.6) is 0 Å². The lowest BCUT2D eigenvalue weighted by atomic mass is 9.75. The second-order valence-electron chi connectivity index (χ2n) is 8.51. The van der Waals surface area contributed by atoms with E-state index in [1.807, 2.05) is 19.2 Å². The van der Waals surface area contributed by atoms with Gasteiger partial charge in [-0.05, 0) is 44.7 Å². The van der Waals surface area contributed by atoms with Crippen molar-refractivity contribution in [2.45, 2.75) is 39.2 Å². The van der Waals surface area contributed by atoms with Gasteiger partial charge < -0.3 is 14.4 Å². The molecule has 2 saturated heterocycles. The minimum absolute atomic E-state index is 0.0334. The van der Waals surface area contributed by atoms with Gasteiger partial charge in [0.25, 0.3) is 0 Å². The van der Waals surface area contributed by atoms with Crippen LogP contribution in [0.15, 0.2) is 36.5 Å². The smallest absolute Gasteiger partial charge is 0.313 e. The van der Waals surface area contributed by atoms with Crippen molar-refractivity contribution in [2.75, 3.05) is 50.9 Å². The fourth-order valence-corrected chi connectivity index (χ4v) is 5.64. The third-order valence-corrected chi connectivity index (χ3v) is 7.34. The summed E-state index contributed by atoms with van der Waals surface area (Å²) in [6, 6.07) is 10.5. The zero-order chi connectivity index (χ0) is 21.5. The number of piperidine rings is 1. The van der Waals surface area contributed by atoms with Crippen molar-refractivity contribution < 1.29 is 14.3 Å². The molecule has 2 aliphatic heterocycles. The minimum Gasteiger partial charge on any atom is -0.466 e. The van der Waals surface area contributed by atoms with Crippen molar-refractivity contribution >= 4 is 22.4 Å². The van der Waals surface area contributed by atoms with Crippen molar-refractivity contribution in [1.82, 2.24) is 9.88 Å². The lowest BCUT2D eigenvalue weighted by Crippen LogP contribution is -2.48. The zero-order valence-electron chi connectivity index (χ0n) is 18.4. The predicted molar refractivity (Wildman–Crippen MR) is 123 cm³/mol. The average Bonchev–Trinajstić information content (AvgIpc) is 3.28. The SMILES string of the molecule is CCOC(=O)C1(CCc2ccccc2)CCCN(Cc2cnc(N3CCOCC3)s2)C1. The fourth-order valence-electron chi connectivity index (χ4n) is 4.64. The lowest BCUT2D eigenvalue weighted by molar-refractivity contribution is -0.160. The molecule has 0 aliphatic carbocycles. The van der Waals surface area contributed by atoms with Gasteiger partial charge in [0.05, 0.1) is 25.2 Å². The van der Waals surface area contributed by atoms with Gasteiger partial charge in [-0.3, -0.25) is 9.69 Å². The van der Waals surface area contributed by atoms with Crippen molar-refractivity contribution in [1.29, 1.82) is 0 Å². The monoisotopic (exact) mass is 443 g/mol. The largest absolute Gasteiger partial charge is 0.466 e. The number of anilines is 1. The van der Waals surface area contributed by atoms with Gasteiger partial charge in [0.2, 0.25) is 0 Å². The molecule has 0 spiro atoms. The molecule has 0 N–H and O–H groups in total. The van der Waals surface area contributed by atoms with Crippen LogP contribution >= 0.6 is 11.3 Å². The van der Waals surface area contributed by atoms with Crippen LogP contribution in [0.1, 0.15) is 36.6 Å². The van der Waals surface area contributed by atoms with E-state index in [1.165, 1.54) is 10.4 Å². The Hall–Kier alpha value is -1.96. The number of hydrogen-bond acceptors (Lipinski definition) is 7. The first-order valence-corrected chi connectivity index (χ1v) is 12.2. The molecule has 0 radical (unpaired) electrons. The molecule has 1 unspecified atom stereocenters. The van der Waals surface area contributed by atoms with Crippen LogP contribution < -0.4 is 4.90 Å². The van der Waals surface area contributed by atoms with E-state index < -0.39 is 5.41 Å². The fraction of sp³-hybridized carbons (Fsp3) is 0.583. The number of morpholine rings is 1. The lowest BCUT2D eigenvalue weighted by Gasteiger charge is -2.41. The van der Waals surface area contributed by atoms with Crippen molar-refractivity contribution in [3.8, 4) is 0 Å². The standard InChI is InChI=1S/C24H33N3O3S/c1-2-30-22(28)24(11-9-20-7-4-3-5-8-20)10-6-12-26(19-24)18-21-17-25-23(31-21)27-13-15-29-16-14-27/h3-5,7-8,17H,2,6,9-16,18-19H2,1H3. The molecule has 0 amide bonds. The van der Waals surface area contributed by atoms with Gasteiger partial charge in [0.1, 0.15) is 0 Å². The molecule has 2 fully saturated rings. The molecule has 168 valence electrons. The number of rotatable bonds is 8. The normalized spacial score (nSPS) is 22.4. The molecule has 1 atom stereocenters. The van der Waals surface area contributed by atoms with Gasteiger partial charge in [-0.15, -0.1) is 11.3 Å². The maximum absolute atomic E-state index is 13.1. The maximum atomic E-state index is 13.1. The van der Waals surface area contributed by atoms with Crippen LogP contribution in [0.2, 0.25) is 0 Å². The van der Waals surface area contributed by atoms with E-state index in [9.17, 15) is 4.79 Å². The highest BCUT2D eigenvalue weighted by molar-refractivity contribution is 7.15. The summed E-state index contributed by atoms with van der Waals surface area (Å²) in [7, 11) is 0. The Morgan fingerprint density at radius 2 is 2.03 bits per heavy atom. The van der Waals surface area contributed by atoms with Gasteiger partial charge in [-0.1, -0.05) is 30.3 Å². The summed E-state index contributed by atoms with van der Waals surface area (Å²) in [6.07, 6.45) is 5.64. The first kappa shape index (κ1) is 22.2. The first-order chi connectivity index (χ1) is 15.2. The van der Waals surface area contributed by atoms with E-state index in [2.05, 4.69) is 39.0 Å². The summed E-state index contributed by atoms with van der Waals surface area (Å²) in [6.45, 7) is 8.28. The second kappa shape index (κ2) is 10.6. The van der Waals surface area contributed by atoms with Gasteiger partial charge in [0.15, 0.2) is 5.13 Å². The quantitative estimate of drug-likeness (QED) is 0.579. The highest BCUT2D eigenvalue weighted by Gasteiger charge is 2.43. The van der Waals surface area contributed by atoms with Crippen LogP contribution in [0.4, 0.5) is 5.13 Å². The highest BCUT2D eigenvalue weighted by Crippen LogP contribution is 2.37. The van der Waals surface area contributed by atoms with E-state index in [0.717, 1.165) is 76.8 Å². The molecular formula is C24H33N3O3S. The van der Waals surface area contributed by atoms with E-state index in [1.54, 1.807) is 11.3 Å². The molecular weight excluding hydrogens is 410 g/mol. The van der Waals surface area contributed by atoms with Gasteiger partial charge in [0, 0.05) is 37.3 Å². The Labute approximate surface area is 189 Å². The highest BCUT2D eigenvalue weighted by atomic mass is 32.1. The Balaban J connectivity index is 1.43. The molecule has 4 rings (SSSR count). The molecule has 0 bridgehead atoms. The number of aromatic nitrogens is 1. The average molecular weight is 444 g/mol. The van der Waals surface area contributed by atoms with E-state index in [4.69, 9.17) is 9.47 Å². The molecule has 0 saturated carbocycles. The summed E-state index contributed by atoms with van der Waals surface area (Å²) in [5, 5.41) is 1.08. The van der Waals surface area contributed by atoms with E-state index in [-0.39, 0.29) is 5.97 Å². The molecule has 3 heterocycles. The number of carbonyl (C=O) groups is 1. The molecule has 2 aromatic rings. The number of nitrogens with zero attached hydrogens (tertiary/aromatic N) is 3. The number of hydrogen-bond donors (Lipinski definition) is 0. The number of thiazole rings is 1. The summed E-state index contributed by atoms with van der Waals surface area (Å²) in [4.78, 5) is 23.7. The Morgan fingerprint density at radius 1 is 1.23 bits per heavy atom.